The third-order valence-corrected chi connectivity index (χ3v) is 5.80. The van der Waals surface area contributed by atoms with Crippen LogP contribution in [0.25, 0.3) is 0 Å². The molecule has 2 heterocycles. The Morgan fingerprint density at radius 1 is 1.29 bits per heavy atom. The first-order chi connectivity index (χ1) is 9.91. The summed E-state index contributed by atoms with van der Waals surface area (Å²) in [6.07, 6.45) is 3.78. The molecule has 0 atom stereocenters. The zero-order valence-corrected chi connectivity index (χ0v) is 15.1. The van der Waals surface area contributed by atoms with Crippen molar-refractivity contribution >= 4 is 16.5 Å². The Morgan fingerprint density at radius 3 is 2.52 bits per heavy atom. The number of hydrogen-bond donors (Lipinski definition) is 1. The normalized spacial score (nSPS) is 17.5. The van der Waals surface area contributed by atoms with Gasteiger partial charge in [0.1, 0.15) is 0 Å². The summed E-state index contributed by atoms with van der Waals surface area (Å²) in [7, 11) is 0. The van der Waals surface area contributed by atoms with Crippen LogP contribution in [0.4, 0.5) is 5.13 Å². The number of nitrogens with one attached hydrogen (secondary N) is 1. The van der Waals surface area contributed by atoms with Crippen LogP contribution >= 0.6 is 11.3 Å². The molecular weight excluding hydrogens is 278 g/mol. The molecule has 1 aliphatic heterocycles. The number of rotatable bonds is 5. The van der Waals surface area contributed by atoms with Crippen molar-refractivity contribution in [2.24, 2.45) is 11.3 Å². The fraction of sp³-hybridized carbons (Fsp3) is 0.824. The first-order valence-corrected chi connectivity index (χ1v) is 9.15. The summed E-state index contributed by atoms with van der Waals surface area (Å²) < 4.78 is 0. The second-order valence-corrected chi connectivity index (χ2v) is 8.37. The molecule has 21 heavy (non-hydrogen) atoms. The Kier molecular flexibility index (Phi) is 5.67. The maximum atomic E-state index is 4.80. The topological polar surface area (TPSA) is 28.2 Å². The van der Waals surface area contributed by atoms with Gasteiger partial charge in [0.05, 0.1) is 5.69 Å². The third-order valence-electron chi connectivity index (χ3n) is 4.58. The molecule has 0 saturated carbocycles. The van der Waals surface area contributed by atoms with E-state index in [1.54, 1.807) is 0 Å². The fourth-order valence-corrected chi connectivity index (χ4v) is 4.11. The van der Waals surface area contributed by atoms with Crippen LogP contribution in [0.3, 0.4) is 0 Å². The molecule has 4 heteroatoms. The molecule has 3 nitrogen and oxygen atoms in total. The number of aromatic nitrogens is 1. The lowest BCUT2D eigenvalue weighted by Crippen LogP contribution is -2.37. The van der Waals surface area contributed by atoms with E-state index in [9.17, 15) is 0 Å². The highest BCUT2D eigenvalue weighted by molar-refractivity contribution is 7.15. The second-order valence-electron chi connectivity index (χ2n) is 7.31. The zero-order valence-electron chi connectivity index (χ0n) is 14.3. The lowest BCUT2D eigenvalue weighted by molar-refractivity contribution is 0.199. The first-order valence-electron chi connectivity index (χ1n) is 8.33. The first kappa shape index (κ1) is 16.8. The predicted molar refractivity (Wildman–Crippen MR) is 93.2 cm³/mol. The summed E-state index contributed by atoms with van der Waals surface area (Å²) in [6.45, 7) is 15.9. The molecular formula is C17H31N3S. The van der Waals surface area contributed by atoms with Crippen molar-refractivity contribution in [2.75, 3.05) is 24.5 Å². The van der Waals surface area contributed by atoms with Crippen molar-refractivity contribution in [2.45, 2.75) is 60.4 Å². The lowest BCUT2D eigenvalue weighted by atomic mass is 9.75. The van der Waals surface area contributed by atoms with Crippen LogP contribution < -0.4 is 10.2 Å². The van der Waals surface area contributed by atoms with E-state index in [4.69, 9.17) is 4.98 Å². The average Bonchev–Trinajstić information content (AvgIpc) is 2.80. The summed E-state index contributed by atoms with van der Waals surface area (Å²) in [5.41, 5.74) is 1.65. The van der Waals surface area contributed by atoms with Crippen molar-refractivity contribution in [1.82, 2.24) is 10.3 Å². The number of nitrogens with zero attached hydrogens (tertiary/aromatic N) is 2. The van der Waals surface area contributed by atoms with E-state index in [2.05, 4.69) is 44.8 Å². The van der Waals surface area contributed by atoms with Crippen LogP contribution in [0.1, 0.15) is 57.5 Å². The van der Waals surface area contributed by atoms with Gasteiger partial charge >= 0.3 is 0 Å². The Bertz CT molecular complexity index is 439. The fourth-order valence-electron chi connectivity index (χ4n) is 3.03. The summed E-state index contributed by atoms with van der Waals surface area (Å²) in [4.78, 5) is 8.69. The molecule has 0 spiro atoms. The van der Waals surface area contributed by atoms with Gasteiger partial charge in [-0.1, -0.05) is 27.7 Å². The molecule has 0 radical (unpaired) electrons. The molecule has 0 amide bonds. The van der Waals surface area contributed by atoms with Crippen molar-refractivity contribution in [3.8, 4) is 0 Å². The number of hydrogen-bond acceptors (Lipinski definition) is 4. The summed E-state index contributed by atoms with van der Waals surface area (Å²) in [6, 6.07) is 0. The van der Waals surface area contributed by atoms with Crippen molar-refractivity contribution in [3.63, 3.8) is 0 Å². The van der Waals surface area contributed by atoms with E-state index in [1.807, 2.05) is 11.3 Å². The smallest absolute Gasteiger partial charge is 0.185 e. The maximum Gasteiger partial charge on any atom is 0.185 e. The summed E-state index contributed by atoms with van der Waals surface area (Å²) in [5.74, 6) is 0.848. The van der Waals surface area contributed by atoms with Gasteiger partial charge in [0.2, 0.25) is 0 Å². The van der Waals surface area contributed by atoms with Crippen LogP contribution in [0.15, 0.2) is 0 Å². The van der Waals surface area contributed by atoms with Gasteiger partial charge in [0.25, 0.3) is 0 Å². The van der Waals surface area contributed by atoms with Gasteiger partial charge in [-0.2, -0.15) is 0 Å². The van der Waals surface area contributed by atoms with Gasteiger partial charge < -0.3 is 10.2 Å². The number of thiazole rings is 1. The molecule has 1 fully saturated rings. The number of aryl methyl sites for hydroxylation is 1. The lowest BCUT2D eigenvalue weighted by Gasteiger charge is -2.38. The molecule has 1 aliphatic rings. The van der Waals surface area contributed by atoms with Crippen LogP contribution in [0.2, 0.25) is 0 Å². The average molecular weight is 310 g/mol. The summed E-state index contributed by atoms with van der Waals surface area (Å²) >= 11 is 1.88. The predicted octanol–water partition coefficient (Wildman–Crippen LogP) is 4.21. The van der Waals surface area contributed by atoms with Crippen LogP contribution in [0, 0.1) is 18.3 Å². The molecule has 1 saturated heterocycles. The van der Waals surface area contributed by atoms with E-state index in [0.29, 0.717) is 5.41 Å². The minimum atomic E-state index is 0.445. The molecule has 0 unspecified atom stereocenters. The molecule has 1 aromatic heterocycles. The van der Waals surface area contributed by atoms with E-state index < -0.39 is 0 Å². The Balaban J connectivity index is 1.93. The SMILES string of the molecule is CCCNCc1sc(N2CCC(C(C)(C)C)CC2)nc1C. The molecule has 0 aliphatic carbocycles. The minimum Gasteiger partial charge on any atom is -0.348 e. The van der Waals surface area contributed by atoms with Gasteiger partial charge in [-0.25, -0.2) is 4.98 Å². The van der Waals surface area contributed by atoms with Crippen molar-refractivity contribution in [3.05, 3.63) is 10.6 Å². The van der Waals surface area contributed by atoms with Gasteiger partial charge in [-0.3, -0.25) is 0 Å². The molecule has 2 rings (SSSR count). The van der Waals surface area contributed by atoms with Gasteiger partial charge in [-0.05, 0) is 44.1 Å². The largest absolute Gasteiger partial charge is 0.348 e. The van der Waals surface area contributed by atoms with E-state index in [1.165, 1.54) is 35.0 Å². The van der Waals surface area contributed by atoms with Crippen LogP contribution in [0.5, 0.6) is 0 Å². The number of piperidine rings is 1. The number of anilines is 1. The minimum absolute atomic E-state index is 0.445. The summed E-state index contributed by atoms with van der Waals surface area (Å²) in [5, 5.41) is 4.72. The molecule has 120 valence electrons. The highest BCUT2D eigenvalue weighted by Crippen LogP contribution is 2.36. The van der Waals surface area contributed by atoms with Crippen molar-refractivity contribution < 1.29 is 0 Å². The highest BCUT2D eigenvalue weighted by Gasteiger charge is 2.29. The molecule has 1 aromatic rings. The molecule has 0 bridgehead atoms. The quantitative estimate of drug-likeness (QED) is 0.826. The Morgan fingerprint density at radius 2 is 1.95 bits per heavy atom. The van der Waals surface area contributed by atoms with Gasteiger partial charge in [0, 0.05) is 24.5 Å². The Hall–Kier alpha value is -0.610. The third kappa shape index (κ3) is 4.43. The second kappa shape index (κ2) is 7.10. The van der Waals surface area contributed by atoms with Crippen molar-refractivity contribution in [1.29, 1.82) is 0 Å². The standard InChI is InChI=1S/C17H31N3S/c1-6-9-18-12-15-13(2)19-16(21-15)20-10-7-14(8-11-20)17(3,4)5/h14,18H,6-12H2,1-5H3. The van der Waals surface area contributed by atoms with Gasteiger partial charge in [-0.15, -0.1) is 11.3 Å². The van der Waals surface area contributed by atoms with Gasteiger partial charge in [0.15, 0.2) is 5.13 Å². The molecule has 1 N–H and O–H groups in total. The van der Waals surface area contributed by atoms with E-state index in [0.717, 1.165) is 32.1 Å². The maximum absolute atomic E-state index is 4.80. The van der Waals surface area contributed by atoms with E-state index in [-0.39, 0.29) is 0 Å². The Labute approximate surface area is 134 Å². The van der Waals surface area contributed by atoms with Crippen LogP contribution in [-0.2, 0) is 6.54 Å². The van der Waals surface area contributed by atoms with E-state index >= 15 is 0 Å². The molecule has 0 aromatic carbocycles. The van der Waals surface area contributed by atoms with Crippen LogP contribution in [-0.4, -0.2) is 24.6 Å². The monoisotopic (exact) mass is 309 g/mol. The zero-order chi connectivity index (χ0) is 15.5. The highest BCUT2D eigenvalue weighted by atomic mass is 32.1.